The molecule has 0 spiro atoms. The van der Waals surface area contributed by atoms with Crippen LogP contribution in [0.5, 0.6) is 0 Å². The van der Waals surface area contributed by atoms with Gasteiger partial charge in [-0.1, -0.05) is 0 Å². The first-order valence-corrected chi connectivity index (χ1v) is 3.77. The molecule has 9 heteroatoms. The van der Waals surface area contributed by atoms with E-state index in [1.165, 1.54) is 0 Å². The molecule has 0 saturated heterocycles. The third-order valence-corrected chi connectivity index (χ3v) is 1.34. The van der Waals surface area contributed by atoms with Gasteiger partial charge < -0.3 is 0 Å². The van der Waals surface area contributed by atoms with Crippen LogP contribution in [0.1, 0.15) is 0 Å². The zero-order valence-corrected chi connectivity index (χ0v) is 6.28. The van der Waals surface area contributed by atoms with Crippen molar-refractivity contribution in [1.82, 2.24) is 0 Å². The van der Waals surface area contributed by atoms with Gasteiger partial charge in [0.05, 0.1) is 0 Å². The van der Waals surface area contributed by atoms with E-state index in [-0.39, 0.29) is 0 Å². The van der Waals surface area contributed by atoms with E-state index in [1.54, 1.807) is 0 Å². The first-order chi connectivity index (χ1) is 5.27. The maximum absolute atomic E-state index is 11.3. The van der Waals surface area contributed by atoms with Gasteiger partial charge in [-0.05, 0) is 0 Å². The molecule has 0 aromatic carbocycles. The quantitative estimate of drug-likeness (QED) is 0.645. The van der Waals surface area contributed by atoms with E-state index in [9.17, 15) is 26.0 Å². The maximum Gasteiger partial charge on any atom is 0.413 e. The fourth-order valence-electron chi connectivity index (χ4n) is 0.228. The van der Waals surface area contributed by atoms with Crippen molar-refractivity contribution in [2.75, 3.05) is 13.5 Å². The third-order valence-electron chi connectivity index (χ3n) is 0.556. The van der Waals surface area contributed by atoms with E-state index in [1.807, 2.05) is 0 Å². The van der Waals surface area contributed by atoms with E-state index in [0.29, 0.717) is 0 Å². The average Bonchev–Trinajstić information content (AvgIpc) is 1.83. The van der Waals surface area contributed by atoms with Crippen molar-refractivity contribution in [3.8, 4) is 0 Å². The summed E-state index contributed by atoms with van der Waals surface area (Å²) >= 11 is 0. The SMILES string of the molecule is O=S(=O)(OCF)OCC(F)(F)F. The second-order valence-corrected chi connectivity index (χ2v) is 2.80. The molecule has 0 unspecified atom stereocenters. The topological polar surface area (TPSA) is 52.6 Å². The largest absolute Gasteiger partial charge is 0.413 e. The van der Waals surface area contributed by atoms with Gasteiger partial charge in [0.15, 0.2) is 6.61 Å². The van der Waals surface area contributed by atoms with Crippen LogP contribution < -0.4 is 0 Å². The van der Waals surface area contributed by atoms with Crippen LogP contribution >= 0.6 is 0 Å². The molecular formula is C3H4F4O4S. The lowest BCUT2D eigenvalue weighted by Gasteiger charge is -2.05. The molecule has 0 aromatic rings. The van der Waals surface area contributed by atoms with Gasteiger partial charge in [-0.15, -0.1) is 0 Å². The first kappa shape index (κ1) is 11.6. The number of halogens is 4. The highest BCUT2D eigenvalue weighted by atomic mass is 32.3. The van der Waals surface area contributed by atoms with Crippen LogP contribution in [0.4, 0.5) is 17.6 Å². The van der Waals surface area contributed by atoms with Crippen molar-refractivity contribution in [2.24, 2.45) is 0 Å². The molecule has 0 aliphatic heterocycles. The molecule has 0 N–H and O–H groups in total. The van der Waals surface area contributed by atoms with Crippen LogP contribution in [0, 0.1) is 0 Å². The Hall–Kier alpha value is -0.410. The maximum atomic E-state index is 11.3. The van der Waals surface area contributed by atoms with Gasteiger partial charge in [0.25, 0.3) is 0 Å². The minimum atomic E-state index is -4.86. The first-order valence-electron chi connectivity index (χ1n) is 2.43. The molecule has 0 bridgehead atoms. The van der Waals surface area contributed by atoms with Gasteiger partial charge in [0, 0.05) is 0 Å². The molecule has 0 heterocycles. The lowest BCUT2D eigenvalue weighted by atomic mass is 10.7. The van der Waals surface area contributed by atoms with Crippen LogP contribution in [0.25, 0.3) is 0 Å². The van der Waals surface area contributed by atoms with E-state index >= 15 is 0 Å². The van der Waals surface area contributed by atoms with Gasteiger partial charge in [0.1, 0.15) is 0 Å². The molecule has 0 aliphatic carbocycles. The monoisotopic (exact) mass is 212 g/mol. The second-order valence-electron chi connectivity index (χ2n) is 1.51. The highest BCUT2D eigenvalue weighted by Gasteiger charge is 2.31. The van der Waals surface area contributed by atoms with Gasteiger partial charge in [0.2, 0.25) is 6.86 Å². The second kappa shape index (κ2) is 4.01. The summed E-state index contributed by atoms with van der Waals surface area (Å²) in [6.07, 6.45) is -4.80. The Kier molecular flexibility index (Phi) is 3.87. The third kappa shape index (κ3) is 6.31. The smallest absolute Gasteiger partial charge is 0.239 e. The summed E-state index contributed by atoms with van der Waals surface area (Å²) < 4.78 is 71.6. The van der Waals surface area contributed by atoms with Gasteiger partial charge >= 0.3 is 16.6 Å². The zero-order chi connectivity index (χ0) is 9.83. The number of rotatable bonds is 4. The van der Waals surface area contributed by atoms with Crippen LogP contribution in [0.3, 0.4) is 0 Å². The fourth-order valence-corrected chi connectivity index (χ4v) is 0.683. The predicted octanol–water partition coefficient (Wildman–Crippen LogP) is 0.754. The minimum Gasteiger partial charge on any atom is -0.239 e. The van der Waals surface area contributed by atoms with Crippen LogP contribution in [-0.2, 0) is 18.8 Å². The number of hydrogen-bond acceptors (Lipinski definition) is 4. The molecule has 4 nitrogen and oxygen atoms in total. The average molecular weight is 212 g/mol. The van der Waals surface area contributed by atoms with E-state index < -0.39 is 30.0 Å². The number of hydrogen-bond donors (Lipinski definition) is 0. The highest BCUT2D eigenvalue weighted by molar-refractivity contribution is 7.81. The Morgan fingerprint density at radius 2 is 1.67 bits per heavy atom. The minimum absolute atomic E-state index is 1.76. The Morgan fingerprint density at radius 1 is 1.17 bits per heavy atom. The molecule has 0 fully saturated rings. The van der Waals surface area contributed by atoms with E-state index in [0.717, 1.165) is 0 Å². The summed E-state index contributed by atoms with van der Waals surface area (Å²) in [5.74, 6) is 0. The molecule has 0 atom stereocenters. The van der Waals surface area contributed by atoms with E-state index in [2.05, 4.69) is 8.37 Å². The predicted molar refractivity (Wildman–Crippen MR) is 28.0 cm³/mol. The van der Waals surface area contributed by atoms with Crippen molar-refractivity contribution >= 4 is 10.4 Å². The molecule has 0 saturated carbocycles. The molecule has 0 aromatic heterocycles. The van der Waals surface area contributed by atoms with Crippen molar-refractivity contribution in [2.45, 2.75) is 6.18 Å². The normalized spacial score (nSPS) is 13.3. The summed E-state index contributed by atoms with van der Waals surface area (Å²) in [6, 6.07) is 0. The summed E-state index contributed by atoms with van der Waals surface area (Å²) in [5, 5.41) is 0. The summed E-state index contributed by atoms with van der Waals surface area (Å²) in [4.78, 5) is 0. The van der Waals surface area contributed by atoms with Crippen molar-refractivity contribution < 1.29 is 34.3 Å². The number of alkyl halides is 4. The van der Waals surface area contributed by atoms with Crippen molar-refractivity contribution in [1.29, 1.82) is 0 Å². The Bertz CT molecular complexity index is 219. The van der Waals surface area contributed by atoms with Gasteiger partial charge in [-0.3, -0.25) is 0 Å². The molecule has 0 rings (SSSR count). The van der Waals surface area contributed by atoms with E-state index in [4.69, 9.17) is 0 Å². The van der Waals surface area contributed by atoms with Crippen molar-refractivity contribution in [3.05, 3.63) is 0 Å². The zero-order valence-electron chi connectivity index (χ0n) is 5.47. The summed E-state index contributed by atoms with van der Waals surface area (Å²) in [5.41, 5.74) is 0. The standard InChI is InChI=1S/C3H4F4O4S/c4-2-11-12(8,9)10-1-3(5,6)7/h1-2H2. The van der Waals surface area contributed by atoms with Crippen LogP contribution in [-0.4, -0.2) is 28.1 Å². The van der Waals surface area contributed by atoms with Crippen molar-refractivity contribution in [3.63, 3.8) is 0 Å². The van der Waals surface area contributed by atoms with Gasteiger partial charge in [-0.2, -0.15) is 21.6 Å². The summed E-state index contributed by atoms with van der Waals surface area (Å²) in [6.45, 7) is -3.80. The molecular weight excluding hydrogens is 208 g/mol. The lowest BCUT2D eigenvalue weighted by molar-refractivity contribution is -0.154. The molecule has 0 radical (unpaired) electrons. The Labute approximate surface area is 65.4 Å². The Morgan fingerprint density at radius 3 is 2.00 bits per heavy atom. The van der Waals surface area contributed by atoms with Crippen LogP contribution in [0.15, 0.2) is 0 Å². The molecule has 12 heavy (non-hydrogen) atoms. The molecule has 0 aliphatic rings. The van der Waals surface area contributed by atoms with Gasteiger partial charge in [-0.25, -0.2) is 12.8 Å². The Balaban J connectivity index is 3.94. The molecule has 74 valence electrons. The fraction of sp³-hybridized carbons (Fsp3) is 1.00. The summed E-state index contributed by atoms with van der Waals surface area (Å²) in [7, 11) is -4.86. The highest BCUT2D eigenvalue weighted by Crippen LogP contribution is 2.16. The van der Waals surface area contributed by atoms with Crippen LogP contribution in [0.2, 0.25) is 0 Å². The lowest BCUT2D eigenvalue weighted by Crippen LogP contribution is -2.21. The molecule has 0 amide bonds.